The van der Waals surface area contributed by atoms with Crippen molar-refractivity contribution in [2.24, 2.45) is 0 Å². The van der Waals surface area contributed by atoms with E-state index in [9.17, 15) is 9.59 Å². The molecule has 23 heavy (non-hydrogen) atoms. The predicted molar refractivity (Wildman–Crippen MR) is 90.3 cm³/mol. The summed E-state index contributed by atoms with van der Waals surface area (Å²) in [4.78, 5) is 24.5. The minimum atomic E-state index is -0.431. The van der Waals surface area contributed by atoms with E-state index in [0.717, 1.165) is 29.7 Å². The number of fused-ring (bicyclic) bond motifs is 1. The molecule has 1 aliphatic heterocycles. The van der Waals surface area contributed by atoms with E-state index < -0.39 is 6.04 Å². The van der Waals surface area contributed by atoms with Gasteiger partial charge in [0.05, 0.1) is 12.5 Å². The van der Waals surface area contributed by atoms with Gasteiger partial charge in [0.2, 0.25) is 11.8 Å². The van der Waals surface area contributed by atoms with Gasteiger partial charge < -0.3 is 16.0 Å². The number of benzene rings is 1. The highest BCUT2D eigenvalue weighted by Gasteiger charge is 2.36. The van der Waals surface area contributed by atoms with Gasteiger partial charge in [0.15, 0.2) is 0 Å². The molecule has 1 aliphatic carbocycles. The average Bonchev–Trinajstić information content (AvgIpc) is 2.51. The van der Waals surface area contributed by atoms with Crippen LogP contribution in [0.1, 0.15) is 43.2 Å². The minimum absolute atomic E-state index is 0.0516. The van der Waals surface area contributed by atoms with Crippen molar-refractivity contribution in [1.82, 2.24) is 10.6 Å². The molecule has 0 aromatic heterocycles. The molecule has 3 atom stereocenters. The van der Waals surface area contributed by atoms with E-state index >= 15 is 0 Å². The molecule has 2 amide bonds. The van der Waals surface area contributed by atoms with E-state index in [0.29, 0.717) is 6.04 Å². The number of hydrogen-bond acceptors (Lipinski definition) is 3. The van der Waals surface area contributed by atoms with Crippen LogP contribution in [0.2, 0.25) is 0 Å². The lowest BCUT2D eigenvalue weighted by Crippen LogP contribution is -2.65. The highest BCUT2D eigenvalue weighted by molar-refractivity contribution is 5.96. The zero-order valence-corrected chi connectivity index (χ0v) is 13.8. The third-order valence-electron chi connectivity index (χ3n) is 4.88. The first-order chi connectivity index (χ1) is 11.0. The van der Waals surface area contributed by atoms with Crippen LogP contribution in [-0.4, -0.2) is 29.9 Å². The fraction of sp³-hybridized carbons (Fsp3) is 0.556. The fourth-order valence-electron chi connectivity index (χ4n) is 3.53. The lowest BCUT2D eigenvalue weighted by atomic mass is 9.87. The molecule has 1 aromatic rings. The number of nitrogens with one attached hydrogen (secondary N) is 3. The lowest BCUT2D eigenvalue weighted by molar-refractivity contribution is -0.129. The zero-order valence-electron chi connectivity index (χ0n) is 13.8. The number of anilines is 1. The van der Waals surface area contributed by atoms with E-state index in [-0.39, 0.29) is 24.3 Å². The van der Waals surface area contributed by atoms with Crippen LogP contribution < -0.4 is 16.0 Å². The van der Waals surface area contributed by atoms with Gasteiger partial charge in [-0.15, -0.1) is 0 Å². The molecule has 0 radical (unpaired) electrons. The largest absolute Gasteiger partial charge is 0.350 e. The third-order valence-corrected chi connectivity index (χ3v) is 4.88. The molecule has 124 valence electrons. The minimum Gasteiger partial charge on any atom is -0.350 e. The molecule has 1 saturated carbocycles. The summed E-state index contributed by atoms with van der Waals surface area (Å²) in [5.74, 6) is -0.176. The van der Waals surface area contributed by atoms with Gasteiger partial charge in [-0.05, 0) is 43.9 Å². The SMILES string of the molecule is Cc1ccc(C)c(NC(=O)CC2NC3CCCCC3NC2=O)c1. The van der Waals surface area contributed by atoms with Crippen molar-refractivity contribution < 1.29 is 9.59 Å². The number of amides is 2. The molecular weight excluding hydrogens is 290 g/mol. The Hall–Kier alpha value is -1.88. The molecule has 5 nitrogen and oxygen atoms in total. The molecule has 1 saturated heterocycles. The molecule has 3 N–H and O–H groups in total. The number of piperazine rings is 1. The van der Waals surface area contributed by atoms with E-state index in [4.69, 9.17) is 0 Å². The number of hydrogen-bond donors (Lipinski definition) is 3. The molecule has 3 rings (SSSR count). The average molecular weight is 315 g/mol. The van der Waals surface area contributed by atoms with Crippen molar-refractivity contribution in [2.45, 2.75) is 64.1 Å². The van der Waals surface area contributed by atoms with Crippen LogP contribution in [0.5, 0.6) is 0 Å². The van der Waals surface area contributed by atoms with E-state index in [1.807, 2.05) is 32.0 Å². The molecule has 3 unspecified atom stereocenters. The Labute approximate surface area is 137 Å². The van der Waals surface area contributed by atoms with Crippen molar-refractivity contribution in [3.63, 3.8) is 0 Å². The highest BCUT2D eigenvalue weighted by atomic mass is 16.2. The second-order valence-electron chi connectivity index (χ2n) is 6.80. The van der Waals surface area contributed by atoms with Crippen molar-refractivity contribution in [1.29, 1.82) is 0 Å². The van der Waals surface area contributed by atoms with Crippen LogP contribution in [0, 0.1) is 13.8 Å². The molecule has 2 fully saturated rings. The molecule has 1 heterocycles. The van der Waals surface area contributed by atoms with E-state index in [2.05, 4.69) is 16.0 Å². The first-order valence-electron chi connectivity index (χ1n) is 8.46. The predicted octanol–water partition coefficient (Wildman–Crippen LogP) is 2.03. The van der Waals surface area contributed by atoms with Gasteiger partial charge in [0, 0.05) is 17.8 Å². The summed E-state index contributed by atoms with van der Waals surface area (Å²) < 4.78 is 0. The third kappa shape index (κ3) is 3.72. The first-order valence-corrected chi connectivity index (χ1v) is 8.46. The topological polar surface area (TPSA) is 70.2 Å². The Kier molecular flexibility index (Phi) is 4.66. The van der Waals surface area contributed by atoms with E-state index in [1.54, 1.807) is 0 Å². The number of carbonyl (C=O) groups is 2. The van der Waals surface area contributed by atoms with Crippen LogP contribution in [0.15, 0.2) is 18.2 Å². The monoisotopic (exact) mass is 315 g/mol. The summed E-state index contributed by atoms with van der Waals surface area (Å²) in [5.41, 5.74) is 2.95. The molecule has 5 heteroatoms. The molecule has 2 aliphatic rings. The Morgan fingerprint density at radius 2 is 1.96 bits per heavy atom. The van der Waals surface area contributed by atoms with Gasteiger partial charge >= 0.3 is 0 Å². The van der Waals surface area contributed by atoms with Gasteiger partial charge in [-0.2, -0.15) is 0 Å². The van der Waals surface area contributed by atoms with Gasteiger partial charge in [0.25, 0.3) is 0 Å². The number of carbonyl (C=O) groups excluding carboxylic acids is 2. The Morgan fingerprint density at radius 3 is 2.74 bits per heavy atom. The van der Waals surface area contributed by atoms with Crippen molar-refractivity contribution in [2.75, 3.05) is 5.32 Å². The Morgan fingerprint density at radius 1 is 1.22 bits per heavy atom. The Balaban J connectivity index is 1.61. The summed E-state index contributed by atoms with van der Waals surface area (Å²) >= 11 is 0. The van der Waals surface area contributed by atoms with Crippen molar-refractivity contribution >= 4 is 17.5 Å². The maximum atomic E-state index is 12.3. The highest BCUT2D eigenvalue weighted by Crippen LogP contribution is 2.23. The normalized spacial score (nSPS) is 27.0. The van der Waals surface area contributed by atoms with Gasteiger partial charge in [-0.25, -0.2) is 0 Å². The maximum absolute atomic E-state index is 12.3. The standard InChI is InChI=1S/C18H25N3O2/c1-11-7-8-12(2)15(9-11)20-17(22)10-16-18(23)21-14-6-4-3-5-13(14)19-16/h7-9,13-14,16,19H,3-6,10H2,1-2H3,(H,20,22)(H,21,23). The van der Waals surface area contributed by atoms with Crippen LogP contribution in [-0.2, 0) is 9.59 Å². The van der Waals surface area contributed by atoms with E-state index in [1.165, 1.54) is 12.8 Å². The quantitative estimate of drug-likeness (QED) is 0.799. The van der Waals surface area contributed by atoms with Crippen LogP contribution in [0.4, 0.5) is 5.69 Å². The molecule has 1 aromatic carbocycles. The second kappa shape index (κ2) is 6.71. The van der Waals surface area contributed by atoms with Gasteiger partial charge in [0.1, 0.15) is 0 Å². The van der Waals surface area contributed by atoms with Gasteiger partial charge in [-0.1, -0.05) is 25.0 Å². The summed E-state index contributed by atoms with van der Waals surface area (Å²) in [6.07, 6.45) is 4.62. The zero-order chi connectivity index (χ0) is 16.4. The smallest absolute Gasteiger partial charge is 0.237 e. The van der Waals surface area contributed by atoms with Crippen LogP contribution >= 0.6 is 0 Å². The summed E-state index contributed by atoms with van der Waals surface area (Å²) in [7, 11) is 0. The Bertz CT molecular complexity index is 614. The molecular formula is C18H25N3O2. The van der Waals surface area contributed by atoms with Crippen molar-refractivity contribution in [3.05, 3.63) is 29.3 Å². The molecule has 0 spiro atoms. The van der Waals surface area contributed by atoms with Gasteiger partial charge in [-0.3, -0.25) is 9.59 Å². The fourth-order valence-corrected chi connectivity index (χ4v) is 3.53. The first kappa shape index (κ1) is 16.0. The summed E-state index contributed by atoms with van der Waals surface area (Å²) in [5, 5.41) is 9.38. The number of aryl methyl sites for hydroxylation is 2. The van der Waals surface area contributed by atoms with Crippen LogP contribution in [0.3, 0.4) is 0 Å². The van der Waals surface area contributed by atoms with Crippen LogP contribution in [0.25, 0.3) is 0 Å². The van der Waals surface area contributed by atoms with Crippen molar-refractivity contribution in [3.8, 4) is 0 Å². The lowest BCUT2D eigenvalue weighted by Gasteiger charge is -2.40. The summed E-state index contributed by atoms with van der Waals surface area (Å²) in [6, 6.07) is 6.07. The summed E-state index contributed by atoms with van der Waals surface area (Å²) in [6.45, 7) is 3.96. The number of rotatable bonds is 3. The molecule has 0 bridgehead atoms. The second-order valence-corrected chi connectivity index (χ2v) is 6.80. The maximum Gasteiger partial charge on any atom is 0.237 e.